The topological polar surface area (TPSA) is 32.8 Å². The number of carbonyl (C=O) groups is 1. The van der Waals surface area contributed by atoms with Crippen molar-refractivity contribution in [1.29, 1.82) is 0 Å². The van der Waals surface area contributed by atoms with Gasteiger partial charge in [0, 0.05) is 32.7 Å². The fourth-order valence-corrected chi connectivity index (χ4v) is 2.55. The van der Waals surface area contributed by atoms with Crippen LogP contribution in [0.15, 0.2) is 18.2 Å². The van der Waals surface area contributed by atoms with E-state index in [9.17, 15) is 4.79 Å². The first kappa shape index (κ1) is 16.9. The highest BCUT2D eigenvalue weighted by Gasteiger charge is 2.25. The van der Waals surface area contributed by atoms with Crippen molar-refractivity contribution >= 4 is 19.4 Å². The number of hydrogen-bond donors (Lipinski definition) is 0. The molecule has 1 fully saturated rings. The molecule has 0 aliphatic carbocycles. The number of ether oxygens (including phenoxy) is 1. The molecule has 0 saturated carbocycles. The normalized spacial score (nSPS) is 16.6. The van der Waals surface area contributed by atoms with E-state index in [2.05, 4.69) is 17.9 Å². The Hall–Kier alpha value is -1.49. The zero-order chi connectivity index (χ0) is 16.3. The number of carbonyl (C=O) groups excluding carboxylic acids is 1. The van der Waals surface area contributed by atoms with Gasteiger partial charge in [-0.3, -0.25) is 4.90 Å². The molecule has 1 aliphatic heterocycles. The van der Waals surface area contributed by atoms with E-state index in [0.29, 0.717) is 13.1 Å². The van der Waals surface area contributed by atoms with Crippen molar-refractivity contribution in [2.24, 2.45) is 0 Å². The summed E-state index contributed by atoms with van der Waals surface area (Å²) >= 11 is 0. The lowest BCUT2D eigenvalue weighted by atomic mass is 9.92. The van der Waals surface area contributed by atoms with Crippen LogP contribution in [0.3, 0.4) is 0 Å². The van der Waals surface area contributed by atoms with Gasteiger partial charge in [-0.1, -0.05) is 23.7 Å². The maximum absolute atomic E-state index is 12.0. The summed E-state index contributed by atoms with van der Waals surface area (Å²) in [5, 5.41) is 0. The molecule has 1 heterocycles. The smallest absolute Gasteiger partial charge is 0.410 e. The second-order valence-electron chi connectivity index (χ2n) is 6.93. The van der Waals surface area contributed by atoms with E-state index in [-0.39, 0.29) is 6.09 Å². The molecule has 0 aromatic heterocycles. The minimum Gasteiger partial charge on any atom is -0.444 e. The highest BCUT2D eigenvalue weighted by atomic mass is 16.6. The van der Waals surface area contributed by atoms with Gasteiger partial charge < -0.3 is 9.64 Å². The van der Waals surface area contributed by atoms with Crippen molar-refractivity contribution < 1.29 is 9.53 Å². The number of rotatable bonds is 2. The van der Waals surface area contributed by atoms with Crippen LogP contribution in [0, 0.1) is 6.92 Å². The zero-order valence-electron chi connectivity index (χ0n) is 14.1. The molecule has 1 aromatic rings. The second kappa shape index (κ2) is 6.74. The summed E-state index contributed by atoms with van der Waals surface area (Å²) in [5.74, 6) is 0. The van der Waals surface area contributed by atoms with Crippen molar-refractivity contribution in [1.82, 2.24) is 9.80 Å². The largest absolute Gasteiger partial charge is 0.444 e. The van der Waals surface area contributed by atoms with Gasteiger partial charge in [-0.05, 0) is 38.8 Å². The fraction of sp³-hybridized carbons (Fsp3) is 0.588. The Labute approximate surface area is 134 Å². The molecule has 22 heavy (non-hydrogen) atoms. The predicted molar refractivity (Wildman–Crippen MR) is 89.7 cm³/mol. The quantitative estimate of drug-likeness (QED) is 0.781. The first-order valence-electron chi connectivity index (χ1n) is 7.80. The summed E-state index contributed by atoms with van der Waals surface area (Å²) in [4.78, 5) is 16.2. The Morgan fingerprint density at radius 2 is 1.86 bits per heavy atom. The first-order chi connectivity index (χ1) is 10.2. The standard InChI is InChI=1S/C17H25BN2O2/c1-13-11-15(18)6-5-14(13)12-19-7-9-20(10-8-19)16(21)22-17(2,3)4/h5-6,11H,7-10,12H2,1-4H3. The zero-order valence-corrected chi connectivity index (χ0v) is 14.1. The molecule has 0 spiro atoms. The van der Waals surface area contributed by atoms with Crippen molar-refractivity contribution in [3.8, 4) is 0 Å². The van der Waals surface area contributed by atoms with Gasteiger partial charge >= 0.3 is 6.09 Å². The minimum absolute atomic E-state index is 0.212. The Balaban J connectivity index is 1.86. The summed E-state index contributed by atoms with van der Waals surface area (Å²) in [5.41, 5.74) is 2.88. The monoisotopic (exact) mass is 300 g/mol. The summed E-state index contributed by atoms with van der Waals surface area (Å²) in [6, 6.07) is 6.04. The average Bonchev–Trinajstić information content (AvgIpc) is 2.41. The van der Waals surface area contributed by atoms with Gasteiger partial charge in [0.05, 0.1) is 0 Å². The van der Waals surface area contributed by atoms with Crippen molar-refractivity contribution in [3.05, 3.63) is 29.3 Å². The number of benzene rings is 1. The van der Waals surface area contributed by atoms with E-state index in [1.807, 2.05) is 32.9 Å². The highest BCUT2D eigenvalue weighted by molar-refractivity contribution is 6.32. The molecule has 1 aromatic carbocycles. The van der Waals surface area contributed by atoms with Gasteiger partial charge in [0.2, 0.25) is 0 Å². The molecular formula is C17H25BN2O2. The van der Waals surface area contributed by atoms with E-state index in [1.165, 1.54) is 11.1 Å². The number of aryl methyl sites for hydroxylation is 1. The van der Waals surface area contributed by atoms with Crippen LogP contribution >= 0.6 is 0 Å². The molecule has 1 aliphatic rings. The molecule has 4 nitrogen and oxygen atoms in total. The van der Waals surface area contributed by atoms with E-state index in [4.69, 9.17) is 12.6 Å². The van der Waals surface area contributed by atoms with Crippen molar-refractivity contribution in [2.75, 3.05) is 26.2 Å². The van der Waals surface area contributed by atoms with Crippen LogP contribution in [-0.2, 0) is 11.3 Å². The molecule has 2 radical (unpaired) electrons. The fourth-order valence-electron chi connectivity index (χ4n) is 2.55. The lowest BCUT2D eigenvalue weighted by Crippen LogP contribution is -2.49. The summed E-state index contributed by atoms with van der Waals surface area (Å²) in [6.45, 7) is 11.8. The van der Waals surface area contributed by atoms with E-state index in [1.54, 1.807) is 4.90 Å². The summed E-state index contributed by atoms with van der Waals surface area (Å²) in [7, 11) is 5.79. The van der Waals surface area contributed by atoms with Gasteiger partial charge in [0.1, 0.15) is 13.4 Å². The Morgan fingerprint density at radius 1 is 1.23 bits per heavy atom. The summed E-state index contributed by atoms with van der Waals surface area (Å²) < 4.78 is 5.42. The molecule has 0 unspecified atom stereocenters. The maximum atomic E-state index is 12.0. The predicted octanol–water partition coefficient (Wildman–Crippen LogP) is 1.84. The molecule has 1 saturated heterocycles. The lowest BCUT2D eigenvalue weighted by molar-refractivity contribution is 0.0139. The molecule has 5 heteroatoms. The van der Waals surface area contributed by atoms with Crippen LogP contribution in [0.25, 0.3) is 0 Å². The van der Waals surface area contributed by atoms with E-state index >= 15 is 0 Å². The van der Waals surface area contributed by atoms with Gasteiger partial charge in [-0.25, -0.2) is 4.79 Å². The third kappa shape index (κ3) is 4.77. The van der Waals surface area contributed by atoms with Crippen molar-refractivity contribution in [2.45, 2.75) is 39.8 Å². The van der Waals surface area contributed by atoms with Crippen LogP contribution in [-0.4, -0.2) is 55.5 Å². The second-order valence-corrected chi connectivity index (χ2v) is 6.93. The van der Waals surface area contributed by atoms with Gasteiger partial charge in [0.15, 0.2) is 0 Å². The third-order valence-corrected chi connectivity index (χ3v) is 3.78. The lowest BCUT2D eigenvalue weighted by Gasteiger charge is -2.35. The number of amides is 1. The first-order valence-corrected chi connectivity index (χ1v) is 7.80. The summed E-state index contributed by atoms with van der Waals surface area (Å²) in [6.07, 6.45) is -0.212. The molecule has 0 bridgehead atoms. The Bertz CT molecular complexity index is 532. The van der Waals surface area contributed by atoms with Gasteiger partial charge in [-0.2, -0.15) is 0 Å². The van der Waals surface area contributed by atoms with Crippen LogP contribution < -0.4 is 5.46 Å². The number of hydrogen-bond acceptors (Lipinski definition) is 3. The van der Waals surface area contributed by atoms with Crippen LogP contribution in [0.5, 0.6) is 0 Å². The minimum atomic E-state index is -0.435. The third-order valence-electron chi connectivity index (χ3n) is 3.78. The maximum Gasteiger partial charge on any atom is 0.410 e. The van der Waals surface area contributed by atoms with E-state index < -0.39 is 5.60 Å². The molecule has 2 rings (SSSR count). The molecule has 1 amide bonds. The molecule has 0 N–H and O–H groups in total. The number of piperazine rings is 1. The van der Waals surface area contributed by atoms with Crippen LogP contribution in [0.2, 0.25) is 0 Å². The van der Waals surface area contributed by atoms with Gasteiger partial charge in [0.25, 0.3) is 0 Å². The molecule has 0 atom stereocenters. The van der Waals surface area contributed by atoms with E-state index in [0.717, 1.165) is 25.1 Å². The molecule has 118 valence electrons. The Kier molecular flexibility index (Phi) is 5.17. The van der Waals surface area contributed by atoms with Crippen LogP contribution in [0.1, 0.15) is 31.9 Å². The van der Waals surface area contributed by atoms with Gasteiger partial charge in [-0.15, -0.1) is 0 Å². The number of nitrogens with zero attached hydrogens (tertiary/aromatic N) is 2. The SMILES string of the molecule is [B]c1ccc(CN2CCN(C(=O)OC(C)(C)C)CC2)c(C)c1. The highest BCUT2D eigenvalue weighted by Crippen LogP contribution is 2.14. The average molecular weight is 300 g/mol. The Morgan fingerprint density at radius 3 is 2.41 bits per heavy atom. The van der Waals surface area contributed by atoms with Crippen molar-refractivity contribution in [3.63, 3.8) is 0 Å². The molecular weight excluding hydrogens is 275 g/mol. The van der Waals surface area contributed by atoms with Crippen LogP contribution in [0.4, 0.5) is 4.79 Å².